The number of amides is 5. The van der Waals surface area contributed by atoms with Gasteiger partial charge in [0.2, 0.25) is 23.4 Å². The van der Waals surface area contributed by atoms with Crippen LogP contribution in [-0.2, 0) is 38.1 Å². The molecule has 0 spiro atoms. The zero-order valence-corrected chi connectivity index (χ0v) is 40.8. The summed E-state index contributed by atoms with van der Waals surface area (Å²) >= 11 is 7.87. The van der Waals surface area contributed by atoms with Gasteiger partial charge >= 0.3 is 0 Å². The first kappa shape index (κ1) is 52.2. The molecule has 3 unspecified atom stereocenters. The maximum Gasteiger partial charge on any atom is 0.258 e. The van der Waals surface area contributed by atoms with Crippen LogP contribution in [0.5, 0.6) is 5.75 Å². The predicted molar refractivity (Wildman–Crippen MR) is 254 cm³/mol. The van der Waals surface area contributed by atoms with Crippen LogP contribution in [0.1, 0.15) is 67.8 Å². The van der Waals surface area contributed by atoms with Crippen LogP contribution in [0.2, 0.25) is 5.02 Å². The molecule has 0 saturated carbocycles. The fourth-order valence-electron chi connectivity index (χ4n) is 7.05. The van der Waals surface area contributed by atoms with Crippen molar-refractivity contribution in [3.8, 4) is 10.8 Å². The summed E-state index contributed by atoms with van der Waals surface area (Å²) in [7, 11) is -0.234. The fraction of sp³-hybridized carbons (Fsp3) is 0.467. The zero-order chi connectivity index (χ0) is 48.6. The van der Waals surface area contributed by atoms with E-state index in [-0.39, 0.29) is 63.2 Å². The van der Waals surface area contributed by atoms with E-state index in [9.17, 15) is 29.2 Å². The summed E-state index contributed by atoms with van der Waals surface area (Å²) in [4.78, 5) is 68.1. The first-order chi connectivity index (χ1) is 32.8. The van der Waals surface area contributed by atoms with Crippen LogP contribution in [0.15, 0.2) is 47.5 Å². The van der Waals surface area contributed by atoms with Crippen molar-refractivity contribution >= 4 is 66.5 Å². The number of benzene rings is 2. The number of ether oxygens (including phenoxy) is 6. The number of hydrogen-bond donors (Lipinski definition) is 3. The molecule has 1 saturated heterocycles. The Morgan fingerprint density at radius 2 is 1.47 bits per heavy atom. The molecule has 0 aliphatic carbocycles. The molecule has 4 aromatic rings. The fourth-order valence-corrected chi connectivity index (χ4v) is 9.37. The van der Waals surface area contributed by atoms with Crippen molar-refractivity contribution in [2.24, 2.45) is 4.99 Å². The van der Waals surface area contributed by atoms with Crippen LogP contribution in [0.25, 0.3) is 5.00 Å². The molecule has 5 amide bonds. The number of halogens is 1. The lowest BCUT2D eigenvalue weighted by Crippen LogP contribution is -2.52. The second kappa shape index (κ2) is 26.0. The minimum absolute atomic E-state index is 0.0183. The van der Waals surface area contributed by atoms with E-state index in [1.807, 2.05) is 35.8 Å². The molecule has 2 aromatic heterocycles. The molecule has 0 radical (unpaired) electrons. The summed E-state index contributed by atoms with van der Waals surface area (Å²) in [5.41, 5.74) is 4.03. The molecule has 20 nitrogen and oxygen atoms in total. The third-order valence-electron chi connectivity index (χ3n) is 10.7. The Labute approximate surface area is 404 Å². The number of rotatable bonds is 26. The van der Waals surface area contributed by atoms with Gasteiger partial charge in [0.15, 0.2) is 12.4 Å². The number of carbonyl (C=O) groups excluding carboxylic acids is 5. The van der Waals surface area contributed by atoms with Crippen molar-refractivity contribution in [2.75, 3.05) is 85.8 Å². The highest BCUT2D eigenvalue weighted by molar-refractivity contribution is 7.58. The monoisotopic (exact) mass is 997 g/mol. The molecular weight excluding hydrogens is 943 g/mol. The second-order valence-corrected chi connectivity index (χ2v) is 18.3. The molecule has 6 rings (SSSR count). The number of aryl methyl sites for hydroxylation is 2. The molecule has 4 heterocycles. The molecule has 3 N–H and O–H groups in total. The summed E-state index contributed by atoms with van der Waals surface area (Å²) in [6.07, 6.45) is -0.106. The van der Waals surface area contributed by atoms with Gasteiger partial charge in [-0.2, -0.15) is 0 Å². The van der Waals surface area contributed by atoms with Crippen molar-refractivity contribution < 1.29 is 52.4 Å². The summed E-state index contributed by atoms with van der Waals surface area (Å²) in [5.74, 6) is -1.63. The van der Waals surface area contributed by atoms with Gasteiger partial charge < -0.3 is 49.3 Å². The number of nitrogens with one attached hydrogen (secondary N) is 3. The molecule has 1 fully saturated rings. The van der Waals surface area contributed by atoms with Crippen LogP contribution >= 0.6 is 31.5 Å². The van der Waals surface area contributed by atoms with E-state index in [0.29, 0.717) is 82.4 Å². The number of imide groups is 1. The summed E-state index contributed by atoms with van der Waals surface area (Å²) in [6.45, 7) is 11.3. The molecular formula is C45H55ClN8O12PS-. The largest absolute Gasteiger partial charge is 0.755 e. The Kier molecular flexibility index (Phi) is 19.9. The van der Waals surface area contributed by atoms with Crippen molar-refractivity contribution in [3.63, 3.8) is 0 Å². The van der Waals surface area contributed by atoms with Gasteiger partial charge in [0.25, 0.3) is 5.91 Å². The van der Waals surface area contributed by atoms with Gasteiger partial charge in [0, 0.05) is 60.2 Å². The Bertz CT molecular complexity index is 2430. The molecule has 23 heteroatoms. The highest BCUT2D eigenvalue weighted by Gasteiger charge is 2.33. The van der Waals surface area contributed by atoms with Gasteiger partial charge in [-0.25, -0.2) is 0 Å². The smallest absolute Gasteiger partial charge is 0.258 e. The summed E-state index contributed by atoms with van der Waals surface area (Å²) in [6, 6.07) is 10.7. The number of aliphatic imine (C=N–C) groups is 1. The molecule has 0 bridgehead atoms. The molecule has 2 aliphatic heterocycles. The number of nitrogens with zero attached hydrogens (tertiary/aromatic N) is 5. The first-order valence-corrected chi connectivity index (χ1v) is 24.2. The number of aromatic nitrogens is 3. The first-order valence-electron chi connectivity index (χ1n) is 22.0. The van der Waals surface area contributed by atoms with Crippen LogP contribution in [-0.4, -0.2) is 147 Å². The van der Waals surface area contributed by atoms with Crippen molar-refractivity contribution in [1.82, 2.24) is 35.8 Å². The number of piperidine rings is 1. The van der Waals surface area contributed by atoms with E-state index in [2.05, 4.69) is 40.0 Å². The van der Waals surface area contributed by atoms with E-state index in [1.165, 1.54) is 17.0 Å². The van der Waals surface area contributed by atoms with Crippen molar-refractivity contribution in [3.05, 3.63) is 97.0 Å². The van der Waals surface area contributed by atoms with E-state index >= 15 is 0 Å². The minimum atomic E-state index is -1.31. The van der Waals surface area contributed by atoms with Gasteiger partial charge in [-0.1, -0.05) is 29.8 Å². The number of thiophene rings is 1. The van der Waals surface area contributed by atoms with Crippen LogP contribution < -0.4 is 20.7 Å². The lowest BCUT2D eigenvalue weighted by molar-refractivity contribution is -0.136. The highest BCUT2D eigenvalue weighted by Crippen LogP contribution is 2.44. The van der Waals surface area contributed by atoms with Gasteiger partial charge in [0.05, 0.1) is 71.8 Å². The number of fused-ring (bicyclic) bond motifs is 3. The average Bonchev–Trinajstić information content (AvgIpc) is 3.80. The standard InChI is InChI=1S/C45H55ClN8O12PS/c1-27-29(3)68-44-38(27)39(31-8-10-32(46)11-9-31)50-42(40-52-51-30(4)53(40)44)67-45(59)48-15-17-62-19-21-64-23-25-65-24-22-63-20-18-61-16-14-47-37(56)26-66-35-7-5-6-33(28(35)2)43(58)54(60)34-12-13-36(55)49-41(34)57/h5-11,34,42,67H,12-26H2,1-4H3,(H,47,56)(H,48,59)(H,49,55,57)/q-1. The van der Waals surface area contributed by atoms with Crippen molar-refractivity contribution in [1.29, 1.82) is 0 Å². The number of hydrogen-bond acceptors (Lipinski definition) is 16. The Morgan fingerprint density at radius 3 is 2.10 bits per heavy atom. The van der Waals surface area contributed by atoms with E-state index in [4.69, 9.17) is 45.0 Å². The normalized spacial score (nSPS) is 15.6. The van der Waals surface area contributed by atoms with E-state index in [0.717, 1.165) is 33.2 Å². The number of carbonyl (C=O) groups is 5. The van der Waals surface area contributed by atoms with Crippen LogP contribution in [0.3, 0.4) is 0 Å². The zero-order valence-electron chi connectivity index (χ0n) is 38.2. The van der Waals surface area contributed by atoms with Crippen LogP contribution in [0.4, 0.5) is 4.79 Å². The Balaban J connectivity index is 0.752. The van der Waals surface area contributed by atoms with Crippen LogP contribution in [0, 0.1) is 32.9 Å². The Hall–Kier alpha value is -5.22. The highest BCUT2D eigenvalue weighted by atomic mass is 35.5. The third kappa shape index (κ3) is 14.2. The lowest BCUT2D eigenvalue weighted by atomic mass is 10.00. The molecule has 68 heavy (non-hydrogen) atoms. The minimum Gasteiger partial charge on any atom is -0.755 e. The molecule has 2 aliphatic rings. The van der Waals surface area contributed by atoms with Gasteiger partial charge in [-0.3, -0.25) is 38.8 Å². The van der Waals surface area contributed by atoms with Gasteiger partial charge in [0.1, 0.15) is 28.4 Å². The van der Waals surface area contributed by atoms with E-state index < -0.39 is 35.5 Å². The second-order valence-electron chi connectivity index (χ2n) is 15.4. The lowest BCUT2D eigenvalue weighted by Gasteiger charge is -2.37. The third-order valence-corrected chi connectivity index (χ3v) is 13.2. The maximum absolute atomic E-state index is 13.2. The van der Waals surface area contributed by atoms with Crippen molar-refractivity contribution in [2.45, 2.75) is 52.4 Å². The molecule has 3 atom stereocenters. The average molecular weight is 998 g/mol. The topological polar surface area (TPSA) is 246 Å². The van der Waals surface area contributed by atoms with Gasteiger partial charge in [-0.05, 0) is 63.9 Å². The Morgan fingerprint density at radius 1 is 0.853 bits per heavy atom. The molecule has 366 valence electrons. The van der Waals surface area contributed by atoms with E-state index in [1.54, 1.807) is 24.3 Å². The predicted octanol–water partition coefficient (Wildman–Crippen LogP) is 4.48. The van der Waals surface area contributed by atoms with Gasteiger partial charge in [-0.15, -0.1) is 21.5 Å². The SMILES string of the molecule is Cc1sc2c(c1C)C(c1ccc(Cl)cc1)=NC(PC(=O)NCCOCCOCCOCCOCCOCCNC(=O)COc1cccc(C(=O)N([O-])C3CCC(=O)NC3=O)c1C)c1nnc(C)n1-2. The number of hydroxylamine groups is 2. The quantitative estimate of drug-likeness (QED) is 0.0340. The maximum atomic E-state index is 13.2. The molecule has 2 aromatic carbocycles. The summed E-state index contributed by atoms with van der Waals surface area (Å²) in [5, 5.41) is 30.8. The summed E-state index contributed by atoms with van der Waals surface area (Å²) < 4.78 is 35.4.